The Hall–Kier alpha value is -3.64. The first-order chi connectivity index (χ1) is 14.3. The molecule has 6 nitrogen and oxygen atoms in total. The van der Waals surface area contributed by atoms with Gasteiger partial charge in [-0.25, -0.2) is 9.97 Å². The van der Waals surface area contributed by atoms with Crippen molar-refractivity contribution in [3.8, 4) is 5.75 Å². The first-order valence-corrected chi connectivity index (χ1v) is 9.67. The summed E-state index contributed by atoms with van der Waals surface area (Å²) < 4.78 is 6.07. The summed E-state index contributed by atoms with van der Waals surface area (Å²) in [5.74, 6) is 0.724. The zero-order valence-electron chi connectivity index (χ0n) is 15.9. The molecule has 2 aliphatic heterocycles. The number of hydrogen-bond donors (Lipinski definition) is 3. The van der Waals surface area contributed by atoms with Crippen LogP contribution in [0.25, 0.3) is 46.4 Å². The lowest BCUT2D eigenvalue weighted by Crippen LogP contribution is -2.06. The molecule has 3 aromatic rings. The van der Waals surface area contributed by atoms with Crippen LogP contribution in [0.2, 0.25) is 0 Å². The zero-order chi connectivity index (χ0) is 19.6. The Labute approximate surface area is 167 Å². The average molecular weight is 383 g/mol. The lowest BCUT2D eigenvalue weighted by Gasteiger charge is -2.06. The summed E-state index contributed by atoms with van der Waals surface area (Å²) in [4.78, 5) is 16.2. The SMILES string of the molecule is NCCCOc1c2nc(cc3ccc(cc4nc(cc5ccc1[nH]5)C=C4)[nH]3)C=C2. The van der Waals surface area contributed by atoms with E-state index in [-0.39, 0.29) is 0 Å². The third-order valence-electron chi connectivity index (χ3n) is 4.77. The highest BCUT2D eigenvalue weighted by Gasteiger charge is 2.09. The Bertz CT molecular complexity index is 1280. The van der Waals surface area contributed by atoms with Crippen LogP contribution in [-0.4, -0.2) is 33.1 Å². The molecule has 0 atom stereocenters. The van der Waals surface area contributed by atoms with Crippen molar-refractivity contribution in [2.75, 3.05) is 13.2 Å². The van der Waals surface area contributed by atoms with Crippen LogP contribution in [0.5, 0.6) is 5.75 Å². The minimum absolute atomic E-state index is 0.541. The molecular weight excluding hydrogens is 362 g/mol. The van der Waals surface area contributed by atoms with Crippen molar-refractivity contribution in [3.05, 3.63) is 65.2 Å². The minimum atomic E-state index is 0.541. The van der Waals surface area contributed by atoms with Crippen LogP contribution >= 0.6 is 0 Å². The van der Waals surface area contributed by atoms with Gasteiger partial charge in [-0.05, 0) is 79.7 Å². The summed E-state index contributed by atoms with van der Waals surface area (Å²) in [6.07, 6.45) is 8.77. The second kappa shape index (κ2) is 7.41. The van der Waals surface area contributed by atoms with E-state index >= 15 is 0 Å². The van der Waals surface area contributed by atoms with Gasteiger partial charge in [-0.1, -0.05) is 0 Å². The molecule has 3 aromatic heterocycles. The van der Waals surface area contributed by atoms with Gasteiger partial charge < -0.3 is 20.4 Å². The number of H-pyrrole nitrogens is 2. The summed E-state index contributed by atoms with van der Waals surface area (Å²) in [5.41, 5.74) is 12.9. The molecule has 0 aromatic carbocycles. The van der Waals surface area contributed by atoms with Crippen LogP contribution in [-0.2, 0) is 0 Å². The quantitative estimate of drug-likeness (QED) is 0.402. The average Bonchev–Trinajstić information content (AvgIpc) is 3.49. The maximum absolute atomic E-state index is 6.07. The van der Waals surface area contributed by atoms with E-state index in [1.807, 2.05) is 66.8 Å². The van der Waals surface area contributed by atoms with Crippen molar-refractivity contribution in [2.24, 2.45) is 5.73 Å². The zero-order valence-corrected chi connectivity index (χ0v) is 15.9. The van der Waals surface area contributed by atoms with Crippen LogP contribution in [0.4, 0.5) is 0 Å². The predicted molar refractivity (Wildman–Crippen MR) is 118 cm³/mol. The minimum Gasteiger partial charge on any atom is -0.489 e. The lowest BCUT2D eigenvalue weighted by atomic mass is 10.3. The fourth-order valence-corrected chi connectivity index (χ4v) is 3.39. The van der Waals surface area contributed by atoms with Crippen molar-refractivity contribution >= 4 is 46.4 Å². The molecule has 29 heavy (non-hydrogen) atoms. The third kappa shape index (κ3) is 3.70. The molecule has 4 N–H and O–H groups in total. The van der Waals surface area contributed by atoms with E-state index in [1.165, 1.54) is 0 Å². The Morgan fingerprint density at radius 1 is 0.759 bits per heavy atom. The molecule has 0 unspecified atom stereocenters. The molecule has 0 spiro atoms. The molecular formula is C23H21N5O. The van der Waals surface area contributed by atoms with Crippen LogP contribution in [0, 0.1) is 0 Å². The van der Waals surface area contributed by atoms with Crippen molar-refractivity contribution in [2.45, 2.75) is 6.42 Å². The van der Waals surface area contributed by atoms with Gasteiger partial charge in [-0.3, -0.25) is 0 Å². The van der Waals surface area contributed by atoms with Gasteiger partial charge in [-0.15, -0.1) is 0 Å². The summed E-state index contributed by atoms with van der Waals surface area (Å²) in [6.45, 7) is 1.13. The molecule has 5 rings (SSSR count). The van der Waals surface area contributed by atoms with Crippen molar-refractivity contribution in [1.29, 1.82) is 0 Å². The Morgan fingerprint density at radius 3 is 2.10 bits per heavy atom. The topological polar surface area (TPSA) is 92.6 Å². The maximum atomic E-state index is 6.07. The summed E-state index contributed by atoms with van der Waals surface area (Å²) >= 11 is 0. The van der Waals surface area contributed by atoms with Crippen LogP contribution in [0.3, 0.4) is 0 Å². The molecule has 0 amide bonds. The molecule has 0 saturated carbocycles. The van der Waals surface area contributed by atoms with Gasteiger partial charge in [-0.2, -0.15) is 0 Å². The molecule has 5 heterocycles. The molecule has 6 heteroatoms. The van der Waals surface area contributed by atoms with E-state index in [0.29, 0.717) is 13.2 Å². The molecule has 8 bridgehead atoms. The number of fused-ring (bicyclic) bond motifs is 8. The second-order valence-corrected chi connectivity index (χ2v) is 7.00. The highest BCUT2D eigenvalue weighted by Crippen LogP contribution is 2.27. The predicted octanol–water partition coefficient (Wildman–Crippen LogP) is 4.38. The smallest absolute Gasteiger partial charge is 0.168 e. The first kappa shape index (κ1) is 17.5. The van der Waals surface area contributed by atoms with E-state index in [1.54, 1.807) is 0 Å². The van der Waals surface area contributed by atoms with Gasteiger partial charge in [0.05, 0.1) is 29.2 Å². The first-order valence-electron chi connectivity index (χ1n) is 9.67. The molecule has 0 aliphatic carbocycles. The Balaban J connectivity index is 1.77. The number of ether oxygens (including phenoxy) is 1. The van der Waals surface area contributed by atoms with E-state index in [9.17, 15) is 0 Å². The molecule has 0 radical (unpaired) electrons. The van der Waals surface area contributed by atoms with E-state index in [4.69, 9.17) is 15.5 Å². The highest BCUT2D eigenvalue weighted by molar-refractivity contribution is 5.81. The van der Waals surface area contributed by atoms with Gasteiger partial charge >= 0.3 is 0 Å². The fourth-order valence-electron chi connectivity index (χ4n) is 3.39. The van der Waals surface area contributed by atoms with Crippen LogP contribution in [0.15, 0.2) is 42.5 Å². The number of nitrogens with zero attached hydrogens (tertiary/aromatic N) is 2. The lowest BCUT2D eigenvalue weighted by molar-refractivity contribution is 0.315. The fraction of sp³-hybridized carbons (Fsp3) is 0.130. The van der Waals surface area contributed by atoms with E-state index in [2.05, 4.69) is 15.0 Å². The molecule has 144 valence electrons. The molecule has 0 saturated heterocycles. The summed E-state index contributed by atoms with van der Waals surface area (Å²) in [6, 6.07) is 14.2. The molecule has 0 fully saturated rings. The number of hydrogen-bond acceptors (Lipinski definition) is 4. The van der Waals surface area contributed by atoms with Crippen molar-refractivity contribution in [3.63, 3.8) is 0 Å². The standard InChI is InChI=1S/C23H21N5O/c24-10-1-11-29-23-21-8-6-19(27-21)13-17-4-2-15(25-17)12-16-3-5-18(26-16)14-20-7-9-22(23)28-20/h2-9,12-14,25,28H,1,10-11,24H2. The van der Waals surface area contributed by atoms with E-state index in [0.717, 1.165) is 57.0 Å². The van der Waals surface area contributed by atoms with Crippen LogP contribution in [0.1, 0.15) is 29.2 Å². The van der Waals surface area contributed by atoms with Gasteiger partial charge in [0.2, 0.25) is 0 Å². The van der Waals surface area contributed by atoms with E-state index < -0.39 is 0 Å². The van der Waals surface area contributed by atoms with Gasteiger partial charge in [0.25, 0.3) is 0 Å². The van der Waals surface area contributed by atoms with Crippen molar-refractivity contribution < 1.29 is 4.74 Å². The summed E-state index contributed by atoms with van der Waals surface area (Å²) in [5, 5.41) is 0. The van der Waals surface area contributed by atoms with Crippen molar-refractivity contribution in [1.82, 2.24) is 19.9 Å². The monoisotopic (exact) mass is 383 g/mol. The second-order valence-electron chi connectivity index (χ2n) is 7.00. The number of aromatic amines is 2. The number of rotatable bonds is 4. The third-order valence-corrected chi connectivity index (χ3v) is 4.77. The van der Waals surface area contributed by atoms with Gasteiger partial charge in [0, 0.05) is 16.6 Å². The number of aromatic nitrogens is 4. The largest absolute Gasteiger partial charge is 0.489 e. The Morgan fingerprint density at radius 2 is 1.38 bits per heavy atom. The van der Waals surface area contributed by atoms with Crippen LogP contribution < -0.4 is 10.5 Å². The van der Waals surface area contributed by atoms with Gasteiger partial charge in [0.1, 0.15) is 5.69 Å². The van der Waals surface area contributed by atoms with Gasteiger partial charge in [0.15, 0.2) is 5.75 Å². The summed E-state index contributed by atoms with van der Waals surface area (Å²) in [7, 11) is 0. The number of nitrogens with one attached hydrogen (secondary N) is 2. The Kier molecular flexibility index (Phi) is 4.46. The molecule has 2 aliphatic rings. The maximum Gasteiger partial charge on any atom is 0.168 e. The normalized spacial score (nSPS) is 12.4. The highest BCUT2D eigenvalue weighted by atomic mass is 16.5. The number of nitrogens with two attached hydrogens (primary N) is 1.